The van der Waals surface area contributed by atoms with E-state index in [0.29, 0.717) is 30.2 Å². The summed E-state index contributed by atoms with van der Waals surface area (Å²) in [7, 11) is -4.17. The summed E-state index contributed by atoms with van der Waals surface area (Å²) in [4.78, 5) is 15.4. The van der Waals surface area contributed by atoms with Crippen molar-refractivity contribution in [3.63, 3.8) is 0 Å². The summed E-state index contributed by atoms with van der Waals surface area (Å²) in [6.45, 7) is 4.14. The molecule has 0 saturated heterocycles. The van der Waals surface area contributed by atoms with Crippen molar-refractivity contribution in [1.82, 2.24) is 14.9 Å². The minimum atomic E-state index is -4.17. The second-order valence-corrected chi connectivity index (χ2v) is 14.4. The average Bonchev–Trinajstić information content (AvgIpc) is 3.55. The molecule has 1 amide bonds. The van der Waals surface area contributed by atoms with Gasteiger partial charge < -0.3 is 35.1 Å². The molecule has 13 nitrogen and oxygen atoms in total. The smallest absolute Gasteiger partial charge is 0.404 e. The molecule has 3 aromatic rings. The highest BCUT2D eigenvalue weighted by Crippen LogP contribution is 2.36. The number of amidine groups is 1. The molecule has 0 aliphatic carbocycles. The largest absolute Gasteiger partial charge is 0.465 e. The second-order valence-electron chi connectivity index (χ2n) is 12.5. The monoisotopic (exact) mass is 693 g/mol. The minimum Gasteiger partial charge on any atom is -0.465 e. The van der Waals surface area contributed by atoms with Crippen molar-refractivity contribution in [2.24, 2.45) is 10.4 Å². The fourth-order valence-corrected chi connectivity index (χ4v) is 7.14. The van der Waals surface area contributed by atoms with E-state index in [1.165, 1.54) is 22.5 Å². The molecule has 4 N–H and O–H groups in total. The quantitative estimate of drug-likeness (QED) is 0.0667. The van der Waals surface area contributed by atoms with Crippen molar-refractivity contribution >= 4 is 22.1 Å². The Kier molecular flexibility index (Phi) is 13.2. The highest BCUT2D eigenvalue weighted by atomic mass is 32.2. The van der Waals surface area contributed by atoms with Crippen LogP contribution < -0.4 is 24.8 Å². The molecule has 0 spiro atoms. The third-order valence-corrected chi connectivity index (χ3v) is 9.77. The van der Waals surface area contributed by atoms with E-state index in [-0.39, 0.29) is 37.2 Å². The van der Waals surface area contributed by atoms with E-state index < -0.39 is 33.7 Å². The number of hydrogen-bond donors (Lipinski definition) is 4. The van der Waals surface area contributed by atoms with Gasteiger partial charge in [0.1, 0.15) is 5.75 Å². The molecule has 0 aromatic heterocycles. The van der Waals surface area contributed by atoms with Crippen LogP contribution in [0, 0.1) is 16.9 Å². The summed E-state index contributed by atoms with van der Waals surface area (Å²) in [6.07, 6.45) is 2.22. The molecule has 0 fully saturated rings. The fraction of sp³-hybridized carbons (Fsp3) is 0.400. The maximum absolute atomic E-state index is 14.1. The Bertz CT molecular complexity index is 1700. The van der Waals surface area contributed by atoms with Crippen LogP contribution >= 0.6 is 0 Å². The summed E-state index contributed by atoms with van der Waals surface area (Å²) >= 11 is 0. The molecule has 1 heterocycles. The number of ether oxygens (including phenoxy) is 3. The third-order valence-electron chi connectivity index (χ3n) is 7.96. The molecule has 0 bridgehead atoms. The van der Waals surface area contributed by atoms with Crippen molar-refractivity contribution < 1.29 is 37.6 Å². The topological polar surface area (TPSA) is 183 Å². The van der Waals surface area contributed by atoms with Gasteiger partial charge in [-0.15, -0.1) is 4.99 Å². The number of nitrogens with one attached hydrogen (secondary N) is 2. The van der Waals surface area contributed by atoms with Crippen LogP contribution in [0.25, 0.3) is 0 Å². The lowest BCUT2D eigenvalue weighted by molar-refractivity contribution is 0.0903. The first-order chi connectivity index (χ1) is 23.5. The molecule has 0 radical (unpaired) electrons. The lowest BCUT2D eigenvalue weighted by Gasteiger charge is -2.35. The SMILES string of the molecule is CC(C)(CCCCCN/C(=N/C#N)Oc1ccccc1)CN(C[C@@H](O)[C@H](Cc1ccccc1)NC(=O)O)S(=O)(=O)c1ccc2c(c1)OCO2. The predicted octanol–water partition coefficient (Wildman–Crippen LogP) is 4.74. The van der Waals surface area contributed by atoms with Crippen molar-refractivity contribution in [2.45, 2.75) is 63.0 Å². The van der Waals surface area contributed by atoms with Crippen LogP contribution in [-0.4, -0.2) is 73.6 Å². The van der Waals surface area contributed by atoms with Gasteiger partial charge in [-0.2, -0.15) is 9.57 Å². The molecular weight excluding hydrogens is 650 g/mol. The van der Waals surface area contributed by atoms with Crippen LogP contribution in [0.3, 0.4) is 0 Å². The van der Waals surface area contributed by atoms with Crippen LogP contribution in [-0.2, 0) is 16.4 Å². The number of sulfonamides is 1. The Balaban J connectivity index is 1.42. The van der Waals surface area contributed by atoms with Gasteiger partial charge in [-0.3, -0.25) is 0 Å². The number of nitrogens with zero attached hydrogens (tertiary/aromatic N) is 3. The maximum atomic E-state index is 14.1. The summed E-state index contributed by atoms with van der Waals surface area (Å²) in [5.74, 6) is 1.30. The highest BCUT2D eigenvalue weighted by Gasteiger charge is 2.35. The third kappa shape index (κ3) is 11.4. The predicted molar refractivity (Wildman–Crippen MR) is 183 cm³/mol. The molecule has 0 saturated carbocycles. The number of benzene rings is 3. The minimum absolute atomic E-state index is 0.0156. The second kappa shape index (κ2) is 17.5. The fourth-order valence-electron chi connectivity index (χ4n) is 5.48. The summed E-state index contributed by atoms with van der Waals surface area (Å²) in [5.41, 5.74) is 0.271. The normalized spacial score (nSPS) is 14.1. The molecule has 4 rings (SSSR count). The first-order valence-corrected chi connectivity index (χ1v) is 17.5. The van der Waals surface area contributed by atoms with Crippen molar-refractivity contribution in [1.29, 1.82) is 5.26 Å². The first kappa shape index (κ1) is 37.0. The zero-order valence-corrected chi connectivity index (χ0v) is 28.4. The molecule has 1 aliphatic heterocycles. The number of aliphatic hydroxyl groups is 1. The number of hydrogen-bond acceptors (Lipinski definition) is 9. The lowest BCUT2D eigenvalue weighted by atomic mass is 9.86. The summed E-state index contributed by atoms with van der Waals surface area (Å²) < 4.78 is 45.9. The number of fused-ring (bicyclic) bond motifs is 1. The number of nitriles is 1. The Morgan fingerprint density at radius 3 is 2.43 bits per heavy atom. The molecule has 0 unspecified atom stereocenters. The van der Waals surface area contributed by atoms with Gasteiger partial charge in [0.25, 0.3) is 0 Å². The van der Waals surface area contributed by atoms with Crippen molar-refractivity contribution in [3.05, 3.63) is 84.4 Å². The number of carboxylic acid groups (broad SMARTS) is 1. The number of amides is 1. The Morgan fingerprint density at radius 1 is 1.04 bits per heavy atom. The van der Waals surface area contributed by atoms with Gasteiger partial charge in [0.15, 0.2) is 11.5 Å². The van der Waals surface area contributed by atoms with Gasteiger partial charge in [-0.05, 0) is 54.5 Å². The van der Waals surface area contributed by atoms with Crippen LogP contribution in [0.5, 0.6) is 17.2 Å². The zero-order chi connectivity index (χ0) is 35.3. The van der Waals surface area contributed by atoms with E-state index >= 15 is 0 Å². The van der Waals surface area contributed by atoms with Crippen LogP contribution in [0.1, 0.15) is 45.1 Å². The Labute approximate surface area is 287 Å². The first-order valence-electron chi connectivity index (χ1n) is 16.0. The summed E-state index contributed by atoms with van der Waals surface area (Å²) in [5, 5.41) is 35.3. The van der Waals surface area contributed by atoms with Crippen LogP contribution in [0.2, 0.25) is 0 Å². The van der Waals surface area contributed by atoms with Gasteiger partial charge in [0.05, 0.1) is 17.0 Å². The van der Waals surface area contributed by atoms with Crippen LogP contribution in [0.4, 0.5) is 4.79 Å². The number of rotatable bonds is 17. The van der Waals surface area contributed by atoms with Crippen molar-refractivity contribution in [2.75, 3.05) is 26.4 Å². The van der Waals surface area contributed by atoms with Gasteiger partial charge in [0.2, 0.25) is 23.0 Å². The molecule has 1 aliphatic rings. The Hall–Kier alpha value is -4.84. The van der Waals surface area contributed by atoms with E-state index in [0.717, 1.165) is 24.8 Å². The average molecular weight is 694 g/mol. The van der Waals surface area contributed by atoms with Gasteiger partial charge in [-0.1, -0.05) is 75.2 Å². The van der Waals surface area contributed by atoms with E-state index in [4.69, 9.17) is 19.5 Å². The van der Waals surface area contributed by atoms with Crippen LogP contribution in [0.15, 0.2) is 88.8 Å². The van der Waals surface area contributed by atoms with Gasteiger partial charge in [-0.25, -0.2) is 13.2 Å². The van der Waals surface area contributed by atoms with Crippen molar-refractivity contribution in [3.8, 4) is 23.4 Å². The van der Waals surface area contributed by atoms with Gasteiger partial charge in [0, 0.05) is 25.7 Å². The standard InChI is InChI=1S/C35H43N5O8S/c1-35(2,18-10-5-11-19-37-33(38-24-36)48-27-14-8-4-9-15-27)23-40(49(44,45)28-16-17-31-32(21-28)47-25-46-31)22-30(41)29(39-34(42)43)20-26-12-6-3-7-13-26/h3-4,6-9,12-17,21,29-30,39,41H,5,10-11,18-20,22-23,25H2,1-2H3,(H,37,38)(H,42,43)/t29-,30+/m0/s1. The number of unbranched alkanes of at least 4 members (excludes halogenated alkanes) is 2. The lowest BCUT2D eigenvalue weighted by Crippen LogP contribution is -2.51. The molecule has 14 heteroatoms. The summed E-state index contributed by atoms with van der Waals surface area (Å²) in [6, 6.07) is 21.6. The van der Waals surface area contributed by atoms with E-state index in [2.05, 4.69) is 15.6 Å². The molecular formula is C35H43N5O8S. The number of aliphatic imine (C=N–C) groups is 1. The Morgan fingerprint density at radius 2 is 1.73 bits per heavy atom. The van der Waals surface area contributed by atoms with E-state index in [9.17, 15) is 23.4 Å². The molecule has 262 valence electrons. The maximum Gasteiger partial charge on any atom is 0.404 e. The molecule has 3 aromatic carbocycles. The van der Waals surface area contributed by atoms with E-state index in [1.54, 1.807) is 18.3 Å². The molecule has 2 atom stereocenters. The van der Waals surface area contributed by atoms with E-state index in [1.807, 2.05) is 62.4 Å². The highest BCUT2D eigenvalue weighted by molar-refractivity contribution is 7.89. The number of carbonyl (C=O) groups is 1. The molecule has 49 heavy (non-hydrogen) atoms. The number of para-hydroxylation sites is 1. The number of aliphatic hydroxyl groups excluding tert-OH is 1. The van der Waals surface area contributed by atoms with Gasteiger partial charge >= 0.3 is 12.1 Å². The zero-order valence-electron chi connectivity index (χ0n) is 27.6.